The maximum absolute atomic E-state index is 12.6. The van der Waals surface area contributed by atoms with E-state index in [1.165, 1.54) is 5.69 Å². The van der Waals surface area contributed by atoms with E-state index in [0.717, 1.165) is 46.4 Å². The summed E-state index contributed by atoms with van der Waals surface area (Å²) in [5.41, 5.74) is 6.65. The van der Waals surface area contributed by atoms with Crippen molar-refractivity contribution in [3.63, 3.8) is 0 Å². The Balaban J connectivity index is 1.77. The molecule has 1 heterocycles. The van der Waals surface area contributed by atoms with E-state index in [4.69, 9.17) is 4.52 Å². The van der Waals surface area contributed by atoms with Crippen LogP contribution in [0.5, 0.6) is 0 Å². The molecule has 0 aliphatic carbocycles. The van der Waals surface area contributed by atoms with Crippen LogP contribution in [-0.2, 0) is 11.2 Å². The molecular weight excluding hydrogens is 338 g/mol. The number of rotatable bonds is 6. The van der Waals surface area contributed by atoms with Crippen LogP contribution in [0.4, 0.5) is 11.4 Å². The molecule has 0 saturated carbocycles. The van der Waals surface area contributed by atoms with E-state index in [0.29, 0.717) is 5.69 Å². The highest BCUT2D eigenvalue weighted by atomic mass is 16.5. The van der Waals surface area contributed by atoms with Crippen LogP contribution in [0.2, 0.25) is 0 Å². The van der Waals surface area contributed by atoms with Gasteiger partial charge in [-0.3, -0.25) is 4.79 Å². The van der Waals surface area contributed by atoms with Crippen LogP contribution in [0.15, 0.2) is 34.9 Å². The second-order valence-corrected chi connectivity index (χ2v) is 6.98. The Morgan fingerprint density at radius 2 is 1.81 bits per heavy atom. The van der Waals surface area contributed by atoms with Gasteiger partial charge in [0.25, 0.3) is 0 Å². The second kappa shape index (κ2) is 7.82. The predicted molar refractivity (Wildman–Crippen MR) is 111 cm³/mol. The lowest BCUT2D eigenvalue weighted by molar-refractivity contribution is -0.115. The Labute approximate surface area is 160 Å². The molecule has 5 nitrogen and oxygen atoms in total. The SMILES string of the molecule is CCN(CC)c1ccc(NC(=O)Cc2noc3cc(C)cc(C)c23)c(C)c1. The lowest BCUT2D eigenvalue weighted by Crippen LogP contribution is -2.22. The number of carbonyl (C=O) groups excluding carboxylic acids is 1. The van der Waals surface area contributed by atoms with Gasteiger partial charge in [0.15, 0.2) is 5.58 Å². The molecule has 1 amide bonds. The zero-order valence-corrected chi connectivity index (χ0v) is 16.7. The summed E-state index contributed by atoms with van der Waals surface area (Å²) in [6, 6.07) is 10.2. The molecule has 0 aliphatic heterocycles. The van der Waals surface area contributed by atoms with E-state index < -0.39 is 0 Å². The number of aryl methyl sites for hydroxylation is 3. The number of anilines is 2. The Morgan fingerprint density at radius 1 is 1.07 bits per heavy atom. The first-order valence-electron chi connectivity index (χ1n) is 9.43. The van der Waals surface area contributed by atoms with Gasteiger partial charge in [-0.25, -0.2) is 0 Å². The fraction of sp³-hybridized carbons (Fsp3) is 0.364. The molecule has 1 N–H and O–H groups in total. The number of amides is 1. The van der Waals surface area contributed by atoms with E-state index in [2.05, 4.69) is 41.4 Å². The monoisotopic (exact) mass is 365 g/mol. The third kappa shape index (κ3) is 3.97. The summed E-state index contributed by atoms with van der Waals surface area (Å²) >= 11 is 0. The highest BCUT2D eigenvalue weighted by Crippen LogP contribution is 2.26. The molecule has 3 rings (SSSR count). The average molecular weight is 365 g/mol. The number of hydrogen-bond acceptors (Lipinski definition) is 4. The van der Waals surface area contributed by atoms with Gasteiger partial charge in [0.05, 0.1) is 6.42 Å². The van der Waals surface area contributed by atoms with E-state index in [1.54, 1.807) is 0 Å². The van der Waals surface area contributed by atoms with Crippen molar-refractivity contribution in [2.75, 3.05) is 23.3 Å². The first-order valence-corrected chi connectivity index (χ1v) is 9.43. The fourth-order valence-electron chi connectivity index (χ4n) is 3.56. The molecule has 0 atom stereocenters. The Bertz CT molecular complexity index is 971. The minimum Gasteiger partial charge on any atom is -0.372 e. The number of fused-ring (bicyclic) bond motifs is 1. The first-order chi connectivity index (χ1) is 12.9. The van der Waals surface area contributed by atoms with Crippen molar-refractivity contribution in [2.24, 2.45) is 0 Å². The predicted octanol–water partition coefficient (Wildman–Crippen LogP) is 4.78. The van der Waals surface area contributed by atoms with E-state index >= 15 is 0 Å². The molecule has 1 aromatic heterocycles. The topological polar surface area (TPSA) is 58.4 Å². The van der Waals surface area contributed by atoms with Crippen LogP contribution in [0.25, 0.3) is 11.0 Å². The van der Waals surface area contributed by atoms with Crippen LogP contribution >= 0.6 is 0 Å². The van der Waals surface area contributed by atoms with Gasteiger partial charge < -0.3 is 14.7 Å². The fourth-order valence-corrected chi connectivity index (χ4v) is 3.56. The molecule has 0 bridgehead atoms. The number of nitrogens with zero attached hydrogens (tertiary/aromatic N) is 2. The molecule has 0 saturated heterocycles. The molecule has 27 heavy (non-hydrogen) atoms. The quantitative estimate of drug-likeness (QED) is 0.683. The minimum absolute atomic E-state index is 0.0936. The number of aromatic nitrogens is 1. The van der Waals surface area contributed by atoms with Gasteiger partial charge in [0, 0.05) is 29.9 Å². The van der Waals surface area contributed by atoms with Crippen LogP contribution in [0.1, 0.15) is 36.2 Å². The molecule has 0 radical (unpaired) electrons. The highest BCUT2D eigenvalue weighted by molar-refractivity contribution is 5.96. The first kappa shape index (κ1) is 19.0. The normalized spacial score (nSPS) is 11.0. The van der Waals surface area contributed by atoms with E-state index in [-0.39, 0.29) is 12.3 Å². The lowest BCUT2D eigenvalue weighted by Gasteiger charge is -2.22. The Kier molecular flexibility index (Phi) is 5.49. The molecule has 2 aromatic carbocycles. The van der Waals surface area contributed by atoms with Gasteiger partial charge in [-0.2, -0.15) is 0 Å². The highest BCUT2D eigenvalue weighted by Gasteiger charge is 2.16. The van der Waals surface area contributed by atoms with E-state index in [1.807, 2.05) is 39.0 Å². The summed E-state index contributed by atoms with van der Waals surface area (Å²) in [5.74, 6) is -0.0936. The minimum atomic E-state index is -0.0936. The maximum Gasteiger partial charge on any atom is 0.230 e. The molecule has 0 aliphatic rings. The van der Waals surface area contributed by atoms with E-state index in [9.17, 15) is 4.79 Å². The summed E-state index contributed by atoms with van der Waals surface area (Å²) in [6.45, 7) is 12.2. The van der Waals surface area contributed by atoms with Crippen LogP contribution in [0, 0.1) is 20.8 Å². The van der Waals surface area contributed by atoms with Crippen LogP contribution in [0.3, 0.4) is 0 Å². The van der Waals surface area contributed by atoms with Crippen molar-refractivity contribution in [1.82, 2.24) is 5.16 Å². The van der Waals surface area contributed by atoms with Crippen LogP contribution in [-0.4, -0.2) is 24.2 Å². The van der Waals surface area contributed by atoms with Crippen molar-refractivity contribution in [3.8, 4) is 0 Å². The number of carbonyl (C=O) groups is 1. The van der Waals surface area contributed by atoms with Gasteiger partial charge in [0.2, 0.25) is 5.91 Å². The van der Waals surface area contributed by atoms with Crippen molar-refractivity contribution < 1.29 is 9.32 Å². The molecule has 5 heteroatoms. The summed E-state index contributed by atoms with van der Waals surface area (Å²) < 4.78 is 5.42. The Morgan fingerprint density at radius 3 is 2.48 bits per heavy atom. The number of nitrogens with one attached hydrogen (secondary N) is 1. The molecule has 0 unspecified atom stereocenters. The third-order valence-electron chi connectivity index (χ3n) is 4.93. The maximum atomic E-state index is 12.6. The van der Waals surface area contributed by atoms with Gasteiger partial charge in [-0.05, 0) is 75.6 Å². The zero-order chi connectivity index (χ0) is 19.6. The zero-order valence-electron chi connectivity index (χ0n) is 16.7. The standard InChI is InChI=1S/C22H27N3O2/c1-6-25(7-2)17-8-9-18(15(4)12-17)23-21(26)13-19-22-16(5)10-14(3)11-20(22)27-24-19/h8-12H,6-7,13H2,1-5H3,(H,23,26). The summed E-state index contributed by atoms with van der Waals surface area (Å²) in [7, 11) is 0. The lowest BCUT2D eigenvalue weighted by atomic mass is 10.0. The smallest absolute Gasteiger partial charge is 0.230 e. The number of hydrogen-bond donors (Lipinski definition) is 1. The third-order valence-corrected chi connectivity index (χ3v) is 4.93. The van der Waals surface area contributed by atoms with Gasteiger partial charge >= 0.3 is 0 Å². The molecule has 0 spiro atoms. The largest absolute Gasteiger partial charge is 0.372 e. The van der Waals surface area contributed by atoms with Gasteiger partial charge in [0.1, 0.15) is 5.69 Å². The van der Waals surface area contributed by atoms with Crippen LogP contribution < -0.4 is 10.2 Å². The Hall–Kier alpha value is -2.82. The number of benzene rings is 2. The van der Waals surface area contributed by atoms with Crippen molar-refractivity contribution in [3.05, 3.63) is 52.7 Å². The summed E-state index contributed by atoms with van der Waals surface area (Å²) in [4.78, 5) is 14.9. The summed E-state index contributed by atoms with van der Waals surface area (Å²) in [5, 5.41) is 8.06. The van der Waals surface area contributed by atoms with Crippen molar-refractivity contribution >= 4 is 28.3 Å². The van der Waals surface area contributed by atoms with Gasteiger partial charge in [-0.1, -0.05) is 11.2 Å². The molecule has 142 valence electrons. The molecular formula is C22H27N3O2. The molecule has 3 aromatic rings. The van der Waals surface area contributed by atoms with Gasteiger partial charge in [-0.15, -0.1) is 0 Å². The van der Waals surface area contributed by atoms with Crippen molar-refractivity contribution in [1.29, 1.82) is 0 Å². The second-order valence-electron chi connectivity index (χ2n) is 6.98. The average Bonchev–Trinajstić information content (AvgIpc) is 3.01. The molecule has 0 fully saturated rings. The summed E-state index contributed by atoms with van der Waals surface area (Å²) in [6.07, 6.45) is 0.189. The van der Waals surface area contributed by atoms with Crippen molar-refractivity contribution in [2.45, 2.75) is 41.0 Å².